The Balaban J connectivity index is 1.77. The van der Waals surface area contributed by atoms with E-state index in [4.69, 9.17) is 9.72 Å². The summed E-state index contributed by atoms with van der Waals surface area (Å²) in [6, 6.07) is 14.7. The summed E-state index contributed by atoms with van der Waals surface area (Å²) >= 11 is 0. The standard InChI is InChI=1S/C18H18FN3O/c19-14-7-5-13(6-8-14)12-22-16-4-2-1-3-15(16)21-18(22)17-11-20-9-10-23-17/h1-8,17,20H,9-12H2. The van der Waals surface area contributed by atoms with Crippen LogP contribution in [0.1, 0.15) is 17.5 Å². The molecule has 1 N–H and O–H groups in total. The Morgan fingerprint density at radius 1 is 1.17 bits per heavy atom. The van der Waals surface area contributed by atoms with Crippen LogP contribution in [0.5, 0.6) is 0 Å². The van der Waals surface area contributed by atoms with Gasteiger partial charge in [-0.15, -0.1) is 0 Å². The number of hydrogen-bond donors (Lipinski definition) is 1. The first-order valence-electron chi connectivity index (χ1n) is 7.83. The number of hydrogen-bond acceptors (Lipinski definition) is 3. The first-order chi connectivity index (χ1) is 11.3. The number of morpholine rings is 1. The second kappa shape index (κ2) is 6.10. The maximum Gasteiger partial charge on any atom is 0.140 e. The smallest absolute Gasteiger partial charge is 0.140 e. The molecule has 1 aliphatic heterocycles. The van der Waals surface area contributed by atoms with Gasteiger partial charge in [0.2, 0.25) is 0 Å². The van der Waals surface area contributed by atoms with Gasteiger partial charge in [0.25, 0.3) is 0 Å². The van der Waals surface area contributed by atoms with Gasteiger partial charge in [0.1, 0.15) is 17.7 Å². The lowest BCUT2D eigenvalue weighted by Gasteiger charge is -2.24. The van der Waals surface area contributed by atoms with Crippen LogP contribution < -0.4 is 5.32 Å². The van der Waals surface area contributed by atoms with Crippen molar-refractivity contribution >= 4 is 11.0 Å². The summed E-state index contributed by atoms with van der Waals surface area (Å²) in [6.07, 6.45) is -0.0587. The Labute approximate surface area is 133 Å². The molecule has 0 radical (unpaired) electrons. The number of halogens is 1. The number of fused-ring (bicyclic) bond motifs is 1. The largest absolute Gasteiger partial charge is 0.368 e. The van der Waals surface area contributed by atoms with Crippen molar-refractivity contribution in [2.75, 3.05) is 19.7 Å². The molecule has 4 rings (SSSR count). The minimum absolute atomic E-state index is 0.0587. The van der Waals surface area contributed by atoms with Crippen LogP contribution in [0, 0.1) is 5.82 Å². The highest BCUT2D eigenvalue weighted by atomic mass is 19.1. The van der Waals surface area contributed by atoms with Crippen molar-refractivity contribution in [2.24, 2.45) is 0 Å². The highest BCUT2D eigenvalue weighted by molar-refractivity contribution is 5.76. The number of aromatic nitrogens is 2. The van der Waals surface area contributed by atoms with Gasteiger partial charge in [0, 0.05) is 19.6 Å². The summed E-state index contributed by atoms with van der Waals surface area (Å²) in [5.74, 6) is 0.701. The van der Waals surface area contributed by atoms with Crippen LogP contribution in [0.4, 0.5) is 4.39 Å². The third-order valence-corrected chi connectivity index (χ3v) is 4.15. The third kappa shape index (κ3) is 2.85. The average Bonchev–Trinajstić information content (AvgIpc) is 2.96. The minimum Gasteiger partial charge on any atom is -0.368 e. The van der Waals surface area contributed by atoms with Crippen LogP contribution in [-0.4, -0.2) is 29.2 Å². The molecule has 0 saturated carbocycles. The van der Waals surface area contributed by atoms with Gasteiger partial charge in [-0.2, -0.15) is 0 Å². The lowest BCUT2D eigenvalue weighted by molar-refractivity contribution is 0.0205. The highest BCUT2D eigenvalue weighted by Crippen LogP contribution is 2.25. The number of ether oxygens (including phenoxy) is 1. The zero-order chi connectivity index (χ0) is 15.6. The van der Waals surface area contributed by atoms with Gasteiger partial charge in [0.15, 0.2) is 0 Å². The molecule has 1 aliphatic rings. The zero-order valence-electron chi connectivity index (χ0n) is 12.7. The fourth-order valence-corrected chi connectivity index (χ4v) is 3.01. The van der Waals surface area contributed by atoms with Gasteiger partial charge >= 0.3 is 0 Å². The molecule has 0 bridgehead atoms. The monoisotopic (exact) mass is 311 g/mol. The molecule has 2 aromatic carbocycles. The summed E-state index contributed by atoms with van der Waals surface area (Å²) in [6.45, 7) is 2.96. The molecular weight excluding hydrogens is 293 g/mol. The molecule has 1 atom stereocenters. The second-order valence-electron chi connectivity index (χ2n) is 5.73. The third-order valence-electron chi connectivity index (χ3n) is 4.15. The molecule has 4 nitrogen and oxygen atoms in total. The Hall–Kier alpha value is -2.24. The van der Waals surface area contributed by atoms with E-state index in [1.54, 1.807) is 0 Å². The van der Waals surface area contributed by atoms with Crippen molar-refractivity contribution in [3.63, 3.8) is 0 Å². The van der Waals surface area contributed by atoms with E-state index in [0.29, 0.717) is 13.2 Å². The summed E-state index contributed by atoms with van der Waals surface area (Å²) in [4.78, 5) is 4.77. The van der Waals surface area contributed by atoms with Gasteiger partial charge in [-0.3, -0.25) is 0 Å². The van der Waals surface area contributed by atoms with Gasteiger partial charge in [-0.1, -0.05) is 24.3 Å². The van der Waals surface area contributed by atoms with Crippen LogP contribution >= 0.6 is 0 Å². The summed E-state index contributed by atoms with van der Waals surface area (Å²) in [5, 5.41) is 3.35. The number of nitrogens with zero attached hydrogens (tertiary/aromatic N) is 2. The Morgan fingerprint density at radius 2 is 2.00 bits per heavy atom. The van der Waals surface area contributed by atoms with Gasteiger partial charge < -0.3 is 14.6 Å². The number of benzene rings is 2. The molecule has 1 fully saturated rings. The van der Waals surface area contributed by atoms with E-state index in [-0.39, 0.29) is 11.9 Å². The topological polar surface area (TPSA) is 39.1 Å². The van der Waals surface area contributed by atoms with Gasteiger partial charge in [-0.25, -0.2) is 9.37 Å². The van der Waals surface area contributed by atoms with Crippen molar-refractivity contribution in [1.82, 2.24) is 14.9 Å². The van der Waals surface area contributed by atoms with Gasteiger partial charge in [0.05, 0.1) is 17.6 Å². The fourth-order valence-electron chi connectivity index (χ4n) is 3.01. The Bertz CT molecular complexity index is 807. The molecule has 1 aromatic heterocycles. The Kier molecular flexibility index (Phi) is 3.81. The molecule has 1 saturated heterocycles. The SMILES string of the molecule is Fc1ccc(Cn2c(C3CNCCO3)nc3ccccc32)cc1. The van der Waals surface area contributed by atoms with Gasteiger partial charge in [-0.05, 0) is 29.8 Å². The Morgan fingerprint density at radius 3 is 2.78 bits per heavy atom. The van der Waals surface area contributed by atoms with Crippen LogP contribution in [0.2, 0.25) is 0 Å². The number of rotatable bonds is 3. The molecule has 0 spiro atoms. The predicted octanol–water partition coefficient (Wildman–Crippen LogP) is 2.88. The second-order valence-corrected chi connectivity index (χ2v) is 5.73. The molecule has 3 aromatic rings. The maximum atomic E-state index is 13.1. The maximum absolute atomic E-state index is 13.1. The highest BCUT2D eigenvalue weighted by Gasteiger charge is 2.23. The van der Waals surface area contributed by atoms with Crippen molar-refractivity contribution in [2.45, 2.75) is 12.6 Å². The summed E-state index contributed by atoms with van der Waals surface area (Å²) in [7, 11) is 0. The molecular formula is C18H18FN3O. The molecule has 118 valence electrons. The quantitative estimate of drug-likeness (QED) is 0.808. The van der Waals surface area contributed by atoms with E-state index in [1.807, 2.05) is 30.3 Å². The normalized spacial score (nSPS) is 18.4. The first kappa shape index (κ1) is 14.4. The van der Waals surface area contributed by atoms with Crippen molar-refractivity contribution in [1.29, 1.82) is 0 Å². The van der Waals surface area contributed by atoms with Crippen molar-refractivity contribution < 1.29 is 9.13 Å². The molecule has 2 heterocycles. The molecule has 23 heavy (non-hydrogen) atoms. The molecule has 0 amide bonds. The summed E-state index contributed by atoms with van der Waals surface area (Å²) < 4.78 is 21.2. The van der Waals surface area contributed by atoms with E-state index in [1.165, 1.54) is 12.1 Å². The fraction of sp³-hybridized carbons (Fsp3) is 0.278. The van der Waals surface area contributed by atoms with E-state index in [9.17, 15) is 4.39 Å². The van der Waals surface area contributed by atoms with Crippen molar-refractivity contribution in [3.05, 3.63) is 65.7 Å². The number of imidazole rings is 1. The van der Waals surface area contributed by atoms with Crippen LogP contribution in [0.3, 0.4) is 0 Å². The molecule has 0 aliphatic carbocycles. The van der Waals surface area contributed by atoms with E-state index in [2.05, 4.69) is 16.0 Å². The average molecular weight is 311 g/mol. The number of para-hydroxylation sites is 2. The van der Waals surface area contributed by atoms with Crippen LogP contribution in [0.25, 0.3) is 11.0 Å². The zero-order valence-corrected chi connectivity index (χ0v) is 12.7. The van der Waals surface area contributed by atoms with E-state index in [0.717, 1.165) is 35.5 Å². The minimum atomic E-state index is -0.218. The predicted molar refractivity (Wildman–Crippen MR) is 86.8 cm³/mol. The lowest BCUT2D eigenvalue weighted by atomic mass is 10.2. The van der Waals surface area contributed by atoms with E-state index >= 15 is 0 Å². The van der Waals surface area contributed by atoms with Crippen molar-refractivity contribution in [3.8, 4) is 0 Å². The molecule has 1 unspecified atom stereocenters. The van der Waals surface area contributed by atoms with Crippen LogP contribution in [-0.2, 0) is 11.3 Å². The lowest BCUT2D eigenvalue weighted by Crippen LogP contribution is -2.34. The molecule has 5 heteroatoms. The van der Waals surface area contributed by atoms with E-state index < -0.39 is 0 Å². The first-order valence-corrected chi connectivity index (χ1v) is 7.83. The number of nitrogens with one attached hydrogen (secondary N) is 1. The summed E-state index contributed by atoms with van der Waals surface area (Å²) in [5.41, 5.74) is 3.07. The van der Waals surface area contributed by atoms with Crippen LogP contribution in [0.15, 0.2) is 48.5 Å².